The van der Waals surface area contributed by atoms with E-state index in [1.807, 2.05) is 37.3 Å². The van der Waals surface area contributed by atoms with Gasteiger partial charge in [0.15, 0.2) is 0 Å². The fraction of sp³-hybridized carbons (Fsp3) is 0.222. The van der Waals surface area contributed by atoms with Crippen LogP contribution in [0.25, 0.3) is 0 Å². The lowest BCUT2D eigenvalue weighted by atomic mass is 10.1. The summed E-state index contributed by atoms with van der Waals surface area (Å²) in [5.41, 5.74) is 2.24. The number of aliphatic hydroxyl groups is 1. The molecule has 0 saturated heterocycles. The zero-order valence-corrected chi connectivity index (χ0v) is 14.0. The van der Waals surface area contributed by atoms with Crippen molar-refractivity contribution in [1.82, 2.24) is 5.32 Å². The van der Waals surface area contributed by atoms with E-state index >= 15 is 0 Å². The Morgan fingerprint density at radius 1 is 1.12 bits per heavy atom. The van der Waals surface area contributed by atoms with Crippen molar-refractivity contribution in [1.29, 1.82) is 0 Å². The summed E-state index contributed by atoms with van der Waals surface area (Å²) in [4.78, 5) is 23.7. The van der Waals surface area contributed by atoms with Crippen LogP contribution in [0.3, 0.4) is 0 Å². The van der Waals surface area contributed by atoms with E-state index in [9.17, 15) is 14.7 Å². The summed E-state index contributed by atoms with van der Waals surface area (Å²) in [7, 11) is 0. The van der Waals surface area contributed by atoms with E-state index in [0.717, 1.165) is 11.1 Å². The first-order chi connectivity index (χ1) is 11.5. The number of hydrogen-bond donors (Lipinski definition) is 3. The molecule has 3 N–H and O–H groups in total. The number of carbonyl (C=O) groups excluding carboxylic acids is 2. The summed E-state index contributed by atoms with van der Waals surface area (Å²) in [6.07, 6.45) is -0.376. The highest BCUT2D eigenvalue weighted by molar-refractivity contribution is 6.41. The molecular formula is C18H19ClN2O3. The minimum absolute atomic E-state index is 0.0112. The van der Waals surface area contributed by atoms with Crippen LogP contribution in [0.15, 0.2) is 48.5 Å². The summed E-state index contributed by atoms with van der Waals surface area (Å²) in [6, 6.07) is 14.5. The number of aliphatic hydroxyl groups excluding tert-OH is 1. The van der Waals surface area contributed by atoms with Crippen molar-refractivity contribution in [3.05, 3.63) is 64.7 Å². The van der Waals surface area contributed by atoms with Crippen LogP contribution in [0.2, 0.25) is 5.02 Å². The molecule has 0 heterocycles. The quantitative estimate of drug-likeness (QED) is 0.727. The number of hydrogen-bond acceptors (Lipinski definition) is 3. The number of anilines is 1. The second-order valence-electron chi connectivity index (χ2n) is 5.49. The fourth-order valence-electron chi connectivity index (χ4n) is 2.16. The third-order valence-electron chi connectivity index (χ3n) is 3.39. The second kappa shape index (κ2) is 8.47. The first-order valence-electron chi connectivity index (χ1n) is 7.53. The average molecular weight is 347 g/mol. The molecule has 126 valence electrons. The van der Waals surface area contributed by atoms with Crippen molar-refractivity contribution >= 4 is 29.1 Å². The third-order valence-corrected chi connectivity index (χ3v) is 3.72. The first kappa shape index (κ1) is 18.0. The van der Waals surface area contributed by atoms with Gasteiger partial charge in [0, 0.05) is 13.0 Å². The summed E-state index contributed by atoms with van der Waals surface area (Å²) < 4.78 is 0. The molecule has 0 bridgehead atoms. The zero-order chi connectivity index (χ0) is 17.5. The van der Waals surface area contributed by atoms with Gasteiger partial charge >= 0.3 is 11.8 Å². The first-order valence-corrected chi connectivity index (χ1v) is 7.91. The highest BCUT2D eigenvalue weighted by Crippen LogP contribution is 2.22. The standard InChI is InChI=1S/C18H19ClN2O3/c1-12-7-8-15(19)16(9-12)21-18(24)17(23)20-11-14(22)10-13-5-3-2-4-6-13/h2-9,14,22H,10-11H2,1H3,(H,20,23)(H,21,24). The van der Waals surface area contributed by atoms with Gasteiger partial charge in [0.1, 0.15) is 0 Å². The minimum Gasteiger partial charge on any atom is -0.391 e. The monoisotopic (exact) mass is 346 g/mol. The van der Waals surface area contributed by atoms with E-state index in [0.29, 0.717) is 17.1 Å². The van der Waals surface area contributed by atoms with E-state index in [2.05, 4.69) is 10.6 Å². The Morgan fingerprint density at radius 3 is 2.54 bits per heavy atom. The molecule has 0 aromatic heterocycles. The number of amides is 2. The zero-order valence-electron chi connectivity index (χ0n) is 13.3. The number of benzene rings is 2. The van der Waals surface area contributed by atoms with Gasteiger partial charge in [-0.1, -0.05) is 48.0 Å². The van der Waals surface area contributed by atoms with Gasteiger partial charge in [0.2, 0.25) is 0 Å². The fourth-order valence-corrected chi connectivity index (χ4v) is 2.33. The molecule has 0 aliphatic carbocycles. The molecule has 24 heavy (non-hydrogen) atoms. The number of nitrogens with one attached hydrogen (secondary N) is 2. The molecule has 2 rings (SSSR count). The predicted octanol–water partition coefficient (Wildman–Crippen LogP) is 2.31. The number of rotatable bonds is 5. The molecule has 0 radical (unpaired) electrons. The summed E-state index contributed by atoms with van der Waals surface area (Å²) in [5.74, 6) is -1.64. The van der Waals surface area contributed by atoms with Crippen molar-refractivity contribution in [2.24, 2.45) is 0 Å². The summed E-state index contributed by atoms with van der Waals surface area (Å²) >= 11 is 5.98. The number of carbonyl (C=O) groups is 2. The maximum absolute atomic E-state index is 11.9. The molecule has 1 unspecified atom stereocenters. The van der Waals surface area contributed by atoms with Crippen LogP contribution in [-0.4, -0.2) is 29.6 Å². The van der Waals surface area contributed by atoms with Crippen molar-refractivity contribution in [3.8, 4) is 0 Å². The lowest BCUT2D eigenvalue weighted by Gasteiger charge is -2.12. The van der Waals surface area contributed by atoms with Gasteiger partial charge in [-0.05, 0) is 30.2 Å². The third kappa shape index (κ3) is 5.37. The van der Waals surface area contributed by atoms with Gasteiger partial charge in [0.05, 0.1) is 16.8 Å². The van der Waals surface area contributed by atoms with Gasteiger partial charge in [0.25, 0.3) is 0 Å². The predicted molar refractivity (Wildman–Crippen MR) is 94.0 cm³/mol. The van der Waals surface area contributed by atoms with Crippen molar-refractivity contribution in [3.63, 3.8) is 0 Å². The molecular weight excluding hydrogens is 328 g/mol. The Balaban J connectivity index is 1.83. The molecule has 2 aromatic rings. The van der Waals surface area contributed by atoms with E-state index < -0.39 is 17.9 Å². The Hall–Kier alpha value is -2.37. The lowest BCUT2D eigenvalue weighted by molar-refractivity contribution is -0.136. The molecule has 0 spiro atoms. The summed E-state index contributed by atoms with van der Waals surface area (Å²) in [6.45, 7) is 1.84. The van der Waals surface area contributed by atoms with Crippen molar-refractivity contribution < 1.29 is 14.7 Å². The largest absolute Gasteiger partial charge is 0.391 e. The van der Waals surface area contributed by atoms with E-state index in [4.69, 9.17) is 11.6 Å². The van der Waals surface area contributed by atoms with E-state index in [1.54, 1.807) is 18.2 Å². The minimum atomic E-state index is -0.825. The summed E-state index contributed by atoms with van der Waals surface area (Å²) in [5, 5.41) is 15.2. The van der Waals surface area contributed by atoms with Crippen LogP contribution in [0.5, 0.6) is 0 Å². The molecule has 0 saturated carbocycles. The Kier molecular flexibility index (Phi) is 6.35. The normalized spacial score (nSPS) is 11.6. The van der Waals surface area contributed by atoms with Crippen LogP contribution >= 0.6 is 11.6 Å². The van der Waals surface area contributed by atoms with Gasteiger partial charge in [-0.15, -0.1) is 0 Å². The van der Waals surface area contributed by atoms with E-state index in [1.165, 1.54) is 0 Å². The van der Waals surface area contributed by atoms with Crippen LogP contribution < -0.4 is 10.6 Å². The van der Waals surface area contributed by atoms with Crippen LogP contribution in [0.1, 0.15) is 11.1 Å². The number of aryl methyl sites for hydroxylation is 1. The second-order valence-corrected chi connectivity index (χ2v) is 5.90. The highest BCUT2D eigenvalue weighted by atomic mass is 35.5. The van der Waals surface area contributed by atoms with E-state index in [-0.39, 0.29) is 6.54 Å². The lowest BCUT2D eigenvalue weighted by Crippen LogP contribution is -2.40. The Labute approximate surface area is 145 Å². The van der Waals surface area contributed by atoms with Gasteiger partial charge in [-0.2, -0.15) is 0 Å². The van der Waals surface area contributed by atoms with Gasteiger partial charge in [-0.25, -0.2) is 0 Å². The molecule has 6 heteroatoms. The topological polar surface area (TPSA) is 78.4 Å². The molecule has 0 fully saturated rings. The number of halogens is 1. The molecule has 1 atom stereocenters. The molecule has 2 amide bonds. The average Bonchev–Trinajstić information content (AvgIpc) is 2.57. The van der Waals surface area contributed by atoms with Gasteiger partial charge < -0.3 is 15.7 Å². The molecule has 0 aliphatic rings. The maximum Gasteiger partial charge on any atom is 0.313 e. The highest BCUT2D eigenvalue weighted by Gasteiger charge is 2.16. The SMILES string of the molecule is Cc1ccc(Cl)c(NC(=O)C(=O)NCC(O)Cc2ccccc2)c1. The van der Waals surface area contributed by atoms with Crippen molar-refractivity contribution in [2.45, 2.75) is 19.4 Å². The molecule has 0 aliphatic heterocycles. The smallest absolute Gasteiger partial charge is 0.313 e. The molecule has 5 nitrogen and oxygen atoms in total. The Bertz CT molecular complexity index is 719. The van der Waals surface area contributed by atoms with Gasteiger partial charge in [-0.3, -0.25) is 9.59 Å². The van der Waals surface area contributed by atoms with Crippen LogP contribution in [0.4, 0.5) is 5.69 Å². The van der Waals surface area contributed by atoms with Crippen LogP contribution in [-0.2, 0) is 16.0 Å². The maximum atomic E-state index is 11.9. The molecule has 2 aromatic carbocycles. The Morgan fingerprint density at radius 2 is 1.83 bits per heavy atom. The van der Waals surface area contributed by atoms with Crippen molar-refractivity contribution in [2.75, 3.05) is 11.9 Å². The van der Waals surface area contributed by atoms with Crippen LogP contribution in [0, 0.1) is 6.92 Å².